The predicted molar refractivity (Wildman–Crippen MR) is 58.1 cm³/mol. The van der Waals surface area contributed by atoms with Crippen LogP contribution in [-0.4, -0.2) is 9.61 Å². The fraction of sp³-hybridized carbons (Fsp3) is 0.444. The van der Waals surface area contributed by atoms with Crippen LogP contribution in [0.2, 0.25) is 0 Å². The van der Waals surface area contributed by atoms with Crippen LogP contribution in [0.15, 0.2) is 22.0 Å². The second-order valence-corrected chi connectivity index (χ2v) is 5.49. The average Bonchev–Trinajstić information content (AvgIpc) is 1.85. The molecule has 1 heterocycles. The monoisotopic (exact) mass is 264 g/mol. The van der Waals surface area contributed by atoms with E-state index in [9.17, 15) is 0 Å². The number of rotatable bonds is 1. The van der Waals surface area contributed by atoms with Gasteiger partial charge in [-0.3, -0.25) is 0 Å². The minimum absolute atomic E-state index is 0.0698. The predicted octanol–water partition coefficient (Wildman–Crippen LogP) is 2.99. The lowest BCUT2D eigenvalue weighted by molar-refractivity contribution is 0.0604. The highest BCUT2D eigenvalue weighted by molar-refractivity contribution is 14.2. The molecule has 1 aliphatic rings. The Balaban J connectivity index is 2.58. The Bertz CT molecular complexity index is 218. The van der Waals surface area contributed by atoms with E-state index in [1.165, 1.54) is 0 Å². The number of hydrogen-bond donors (Lipinski definition) is 0. The van der Waals surface area contributed by atoms with Crippen molar-refractivity contribution in [3.05, 3.63) is 22.0 Å². The molecule has 1 nitrogen and oxygen atoms in total. The van der Waals surface area contributed by atoms with Crippen molar-refractivity contribution in [3.63, 3.8) is 0 Å². The molecule has 0 spiro atoms. The molecular formula is C9H13IO. The smallest absolute Gasteiger partial charge is 0.120 e. The lowest BCUT2D eigenvalue weighted by Gasteiger charge is -2.22. The molecule has 2 heteroatoms. The van der Waals surface area contributed by atoms with Crippen molar-refractivity contribution in [1.82, 2.24) is 0 Å². The first-order valence-corrected chi connectivity index (χ1v) is 6.08. The Hall–Kier alpha value is -0.120. The van der Waals surface area contributed by atoms with E-state index in [0.29, 0.717) is 0 Å². The van der Waals surface area contributed by atoms with E-state index in [-0.39, 0.29) is 26.3 Å². The summed E-state index contributed by atoms with van der Waals surface area (Å²) < 4.78 is 10.1. The molecule has 0 aliphatic carbocycles. The second-order valence-electron chi connectivity index (χ2n) is 3.33. The summed E-state index contributed by atoms with van der Waals surface area (Å²) >= 11 is 0.183. The van der Waals surface area contributed by atoms with Crippen molar-refractivity contribution in [2.75, 3.05) is 0 Å². The Morgan fingerprint density at radius 1 is 1.36 bits per heavy atom. The molecule has 0 radical (unpaired) electrons. The minimum atomic E-state index is -0.0698. The van der Waals surface area contributed by atoms with Crippen molar-refractivity contribution < 1.29 is 4.74 Å². The van der Waals surface area contributed by atoms with E-state index < -0.39 is 0 Å². The van der Waals surface area contributed by atoms with E-state index in [1.807, 2.05) is 0 Å². The molecule has 0 N–H and O–H groups in total. The van der Waals surface area contributed by atoms with Gasteiger partial charge in [0.05, 0.1) is 0 Å². The molecule has 0 aromatic rings. The Kier molecular flexibility index (Phi) is 2.87. The van der Waals surface area contributed by atoms with Gasteiger partial charge in [0.25, 0.3) is 0 Å². The lowest BCUT2D eigenvalue weighted by Crippen LogP contribution is -2.18. The number of ether oxygens (including phenoxy) is 1. The van der Waals surface area contributed by atoms with Gasteiger partial charge in [-0.15, -0.1) is 0 Å². The molecule has 0 saturated carbocycles. The van der Waals surface area contributed by atoms with Gasteiger partial charge in [-0.1, -0.05) is 20.7 Å². The Labute approximate surface area is 77.9 Å². The van der Waals surface area contributed by atoms with Gasteiger partial charge in [-0.05, 0) is 41.0 Å². The van der Waals surface area contributed by atoms with E-state index in [0.717, 1.165) is 5.76 Å². The maximum Gasteiger partial charge on any atom is 0.120 e. The second kappa shape index (κ2) is 3.52. The fourth-order valence-corrected chi connectivity index (χ4v) is 2.08. The molecule has 0 fully saturated rings. The number of halogens is 1. The van der Waals surface area contributed by atoms with Crippen LogP contribution in [0.4, 0.5) is 0 Å². The molecule has 1 aliphatic heterocycles. The SMILES string of the molecule is CC(C)(C)OC1=CC=IC=C1. The third-order valence-electron chi connectivity index (χ3n) is 1.02. The van der Waals surface area contributed by atoms with Crippen LogP contribution in [0, 0.1) is 0 Å². The normalized spacial score (nSPS) is 17.2. The fourth-order valence-electron chi connectivity index (χ4n) is 0.716. The first-order chi connectivity index (χ1) is 5.08. The van der Waals surface area contributed by atoms with Gasteiger partial charge in [-0.2, -0.15) is 0 Å². The summed E-state index contributed by atoms with van der Waals surface area (Å²) in [5, 5.41) is 0. The van der Waals surface area contributed by atoms with Gasteiger partial charge < -0.3 is 4.74 Å². The van der Waals surface area contributed by atoms with E-state index in [2.05, 4.69) is 41.0 Å². The molecule has 0 bridgehead atoms. The summed E-state index contributed by atoms with van der Waals surface area (Å²) in [6.45, 7) is 6.18. The topological polar surface area (TPSA) is 9.23 Å². The molecule has 0 amide bonds. The van der Waals surface area contributed by atoms with Crippen LogP contribution in [0.3, 0.4) is 0 Å². The molecule has 0 unspecified atom stereocenters. The zero-order chi connectivity index (χ0) is 8.32. The maximum atomic E-state index is 5.64. The van der Waals surface area contributed by atoms with Gasteiger partial charge in [0, 0.05) is 0 Å². The molecule has 11 heavy (non-hydrogen) atoms. The minimum Gasteiger partial charge on any atom is -0.488 e. The van der Waals surface area contributed by atoms with Crippen LogP contribution in [0.5, 0.6) is 0 Å². The van der Waals surface area contributed by atoms with Crippen LogP contribution in [0.25, 0.3) is 0 Å². The summed E-state index contributed by atoms with van der Waals surface area (Å²) in [6.07, 6.45) is 4.14. The summed E-state index contributed by atoms with van der Waals surface area (Å²) in [5.74, 6) is 0.989. The van der Waals surface area contributed by atoms with Gasteiger partial charge in [0.15, 0.2) is 0 Å². The Morgan fingerprint density at radius 2 is 2.09 bits per heavy atom. The van der Waals surface area contributed by atoms with Gasteiger partial charge in [-0.25, -0.2) is 0 Å². The quantitative estimate of drug-likeness (QED) is 0.661. The van der Waals surface area contributed by atoms with Gasteiger partial charge in [0.1, 0.15) is 11.4 Å². The highest BCUT2D eigenvalue weighted by Gasteiger charge is 2.11. The van der Waals surface area contributed by atoms with Crippen LogP contribution in [-0.2, 0) is 4.74 Å². The standard InChI is InChI=1S/C9H13IO/c1-9(2,3)11-8-4-6-10-7-5-8/h4-7H,1-3H3. The van der Waals surface area contributed by atoms with Crippen molar-refractivity contribution >= 4 is 24.7 Å². The van der Waals surface area contributed by atoms with Crippen molar-refractivity contribution in [3.8, 4) is 0 Å². The van der Waals surface area contributed by atoms with Gasteiger partial charge >= 0.3 is 0 Å². The summed E-state index contributed by atoms with van der Waals surface area (Å²) in [7, 11) is 0. The van der Waals surface area contributed by atoms with Crippen molar-refractivity contribution in [2.45, 2.75) is 26.4 Å². The van der Waals surface area contributed by atoms with E-state index >= 15 is 0 Å². The zero-order valence-corrected chi connectivity index (χ0v) is 9.25. The first-order valence-electron chi connectivity index (χ1n) is 3.59. The first kappa shape index (κ1) is 8.97. The molecule has 0 atom stereocenters. The third kappa shape index (κ3) is 3.70. The summed E-state index contributed by atoms with van der Waals surface area (Å²) in [5.41, 5.74) is -0.0698. The van der Waals surface area contributed by atoms with Crippen molar-refractivity contribution in [2.24, 2.45) is 0 Å². The van der Waals surface area contributed by atoms with Crippen LogP contribution in [0.1, 0.15) is 20.8 Å². The third-order valence-corrected chi connectivity index (χ3v) is 2.57. The number of hydrogen-bond acceptors (Lipinski definition) is 1. The maximum absolute atomic E-state index is 5.64. The van der Waals surface area contributed by atoms with Crippen LogP contribution < -0.4 is 0 Å². The molecule has 62 valence electrons. The molecule has 0 saturated heterocycles. The van der Waals surface area contributed by atoms with Crippen LogP contribution >= 0.6 is 20.7 Å². The zero-order valence-electron chi connectivity index (χ0n) is 7.10. The Morgan fingerprint density at radius 3 is 2.55 bits per heavy atom. The summed E-state index contributed by atoms with van der Waals surface area (Å²) in [6, 6.07) is 0. The molecule has 0 aromatic carbocycles. The van der Waals surface area contributed by atoms with Crippen molar-refractivity contribution in [1.29, 1.82) is 0 Å². The van der Waals surface area contributed by atoms with E-state index in [4.69, 9.17) is 4.74 Å². The lowest BCUT2D eigenvalue weighted by atomic mass is 10.2. The average molecular weight is 264 g/mol. The number of allylic oxidation sites excluding steroid dienone is 2. The highest BCUT2D eigenvalue weighted by atomic mass is 127. The molecule has 1 rings (SSSR count). The highest BCUT2D eigenvalue weighted by Crippen LogP contribution is 2.17. The summed E-state index contributed by atoms with van der Waals surface area (Å²) in [4.78, 5) is 0. The van der Waals surface area contributed by atoms with E-state index in [1.54, 1.807) is 0 Å². The molecular weight excluding hydrogens is 251 g/mol. The van der Waals surface area contributed by atoms with Gasteiger partial charge in [0.2, 0.25) is 0 Å². The molecule has 0 aromatic heterocycles. The largest absolute Gasteiger partial charge is 0.488 e.